The second-order valence-electron chi connectivity index (χ2n) is 10.6. The highest BCUT2D eigenvalue weighted by Crippen LogP contribution is 2.34. The van der Waals surface area contributed by atoms with Gasteiger partial charge in [0.1, 0.15) is 11.5 Å². The van der Waals surface area contributed by atoms with Crippen LogP contribution in [0.4, 0.5) is 0 Å². The van der Waals surface area contributed by atoms with Gasteiger partial charge in [0, 0.05) is 41.1 Å². The second-order valence-corrected chi connectivity index (χ2v) is 10.6. The highest BCUT2D eigenvalue weighted by molar-refractivity contribution is 5.88. The van der Waals surface area contributed by atoms with Crippen LogP contribution in [0.3, 0.4) is 0 Å². The molecule has 0 unspecified atom stereocenters. The first kappa shape index (κ1) is 26.2. The van der Waals surface area contributed by atoms with Crippen molar-refractivity contribution in [3.63, 3.8) is 0 Å². The SMILES string of the molecule is CN(Cc1cccc(-c2ccccc2)c1O)[C@H](C/N=C/c1cccc(-c2ccccc2)c1O)C(C)(C)C. The second kappa shape index (κ2) is 11.4. The van der Waals surface area contributed by atoms with E-state index in [9.17, 15) is 10.2 Å². The molecular formula is C33H36N2O2. The van der Waals surface area contributed by atoms with E-state index in [-0.39, 0.29) is 17.2 Å². The molecule has 190 valence electrons. The lowest BCUT2D eigenvalue weighted by Crippen LogP contribution is -2.43. The summed E-state index contributed by atoms with van der Waals surface area (Å²) >= 11 is 0. The van der Waals surface area contributed by atoms with Crippen molar-refractivity contribution in [1.29, 1.82) is 0 Å². The highest BCUT2D eigenvalue weighted by Gasteiger charge is 2.28. The topological polar surface area (TPSA) is 56.1 Å². The molecule has 0 amide bonds. The Morgan fingerprint density at radius 1 is 0.730 bits per heavy atom. The van der Waals surface area contributed by atoms with Crippen LogP contribution in [0, 0.1) is 5.41 Å². The predicted molar refractivity (Wildman–Crippen MR) is 154 cm³/mol. The van der Waals surface area contributed by atoms with Crippen molar-refractivity contribution in [2.24, 2.45) is 10.4 Å². The predicted octanol–water partition coefficient (Wildman–Crippen LogP) is 7.40. The average molecular weight is 493 g/mol. The Morgan fingerprint density at radius 2 is 1.27 bits per heavy atom. The summed E-state index contributed by atoms with van der Waals surface area (Å²) in [5, 5.41) is 22.0. The molecule has 0 heterocycles. The third kappa shape index (κ3) is 6.28. The number of hydrogen-bond donors (Lipinski definition) is 2. The van der Waals surface area contributed by atoms with E-state index in [1.165, 1.54) is 0 Å². The number of phenolic OH excluding ortho intramolecular Hbond substituents is 2. The van der Waals surface area contributed by atoms with Crippen LogP contribution in [0.15, 0.2) is 102 Å². The van der Waals surface area contributed by atoms with Crippen LogP contribution in [0.2, 0.25) is 0 Å². The van der Waals surface area contributed by atoms with Gasteiger partial charge in [-0.2, -0.15) is 0 Å². The summed E-state index contributed by atoms with van der Waals surface area (Å²) in [6, 6.07) is 31.6. The van der Waals surface area contributed by atoms with Crippen molar-refractivity contribution in [2.75, 3.05) is 13.6 Å². The molecule has 0 saturated heterocycles. The quantitative estimate of drug-likeness (QED) is 0.252. The molecule has 0 aliphatic rings. The van der Waals surface area contributed by atoms with E-state index in [0.717, 1.165) is 27.8 Å². The van der Waals surface area contributed by atoms with Crippen LogP contribution in [-0.4, -0.2) is 41.0 Å². The number of aromatic hydroxyl groups is 2. The van der Waals surface area contributed by atoms with Crippen molar-refractivity contribution in [3.8, 4) is 33.8 Å². The Hall–Kier alpha value is -3.89. The zero-order valence-corrected chi connectivity index (χ0v) is 22.1. The number of rotatable bonds is 8. The van der Waals surface area contributed by atoms with E-state index in [4.69, 9.17) is 4.99 Å². The fraction of sp³-hybridized carbons (Fsp3) is 0.242. The van der Waals surface area contributed by atoms with Gasteiger partial charge in [0.2, 0.25) is 0 Å². The first-order chi connectivity index (χ1) is 17.8. The molecule has 4 heteroatoms. The number of hydrogen-bond acceptors (Lipinski definition) is 4. The lowest BCUT2D eigenvalue weighted by molar-refractivity contribution is 0.125. The third-order valence-corrected chi connectivity index (χ3v) is 6.82. The molecule has 4 aromatic carbocycles. The smallest absolute Gasteiger partial charge is 0.132 e. The van der Waals surface area contributed by atoms with Gasteiger partial charge in [-0.15, -0.1) is 0 Å². The minimum atomic E-state index is -0.0489. The van der Waals surface area contributed by atoms with Crippen LogP contribution in [0.25, 0.3) is 22.3 Å². The first-order valence-electron chi connectivity index (χ1n) is 12.7. The summed E-state index contributed by atoms with van der Waals surface area (Å²) < 4.78 is 0. The van der Waals surface area contributed by atoms with Gasteiger partial charge < -0.3 is 10.2 Å². The molecule has 0 aromatic heterocycles. The maximum atomic E-state index is 11.1. The molecule has 1 atom stereocenters. The first-order valence-corrected chi connectivity index (χ1v) is 12.7. The van der Waals surface area contributed by atoms with Crippen LogP contribution in [0.5, 0.6) is 11.5 Å². The molecule has 2 N–H and O–H groups in total. The molecule has 0 aliphatic carbocycles. The van der Waals surface area contributed by atoms with Crippen LogP contribution >= 0.6 is 0 Å². The molecule has 0 fully saturated rings. The summed E-state index contributed by atoms with van der Waals surface area (Å²) in [4.78, 5) is 7.02. The van der Waals surface area contributed by atoms with Gasteiger partial charge in [0.05, 0.1) is 6.54 Å². The monoisotopic (exact) mass is 492 g/mol. The van der Waals surface area contributed by atoms with Gasteiger partial charge in [-0.3, -0.25) is 9.89 Å². The van der Waals surface area contributed by atoms with Crippen molar-refractivity contribution in [1.82, 2.24) is 4.90 Å². The van der Waals surface area contributed by atoms with Gasteiger partial charge in [-0.05, 0) is 29.7 Å². The fourth-order valence-electron chi connectivity index (χ4n) is 4.79. The third-order valence-electron chi connectivity index (χ3n) is 6.82. The van der Waals surface area contributed by atoms with Gasteiger partial charge >= 0.3 is 0 Å². The molecule has 0 spiro atoms. The summed E-state index contributed by atoms with van der Waals surface area (Å²) in [5.74, 6) is 0.556. The molecule has 4 rings (SSSR count). The van der Waals surface area contributed by atoms with E-state index in [1.807, 2.05) is 97.1 Å². The molecule has 0 saturated carbocycles. The molecule has 4 aromatic rings. The Morgan fingerprint density at radius 3 is 1.84 bits per heavy atom. The summed E-state index contributed by atoms with van der Waals surface area (Å²) in [7, 11) is 2.08. The Labute approximate surface area is 220 Å². The van der Waals surface area contributed by atoms with E-state index in [1.54, 1.807) is 6.21 Å². The van der Waals surface area contributed by atoms with Crippen LogP contribution < -0.4 is 0 Å². The Bertz CT molecular complexity index is 1340. The van der Waals surface area contributed by atoms with Gasteiger partial charge in [-0.25, -0.2) is 0 Å². The Kier molecular flexibility index (Phi) is 8.10. The van der Waals surface area contributed by atoms with Crippen molar-refractivity contribution in [3.05, 3.63) is 108 Å². The summed E-state index contributed by atoms with van der Waals surface area (Å²) in [6.45, 7) is 7.78. The number of para-hydroxylation sites is 2. The van der Waals surface area contributed by atoms with Gasteiger partial charge in [0.15, 0.2) is 0 Å². The summed E-state index contributed by atoms with van der Waals surface area (Å²) in [6.07, 6.45) is 1.77. The zero-order valence-electron chi connectivity index (χ0n) is 22.1. The van der Waals surface area contributed by atoms with Crippen LogP contribution in [0.1, 0.15) is 31.9 Å². The molecular weight excluding hydrogens is 456 g/mol. The maximum absolute atomic E-state index is 11.1. The average Bonchev–Trinajstić information content (AvgIpc) is 2.89. The fourth-order valence-corrected chi connectivity index (χ4v) is 4.79. The van der Waals surface area contributed by atoms with Crippen molar-refractivity contribution >= 4 is 6.21 Å². The van der Waals surface area contributed by atoms with Gasteiger partial charge in [-0.1, -0.05) is 112 Å². The van der Waals surface area contributed by atoms with E-state index < -0.39 is 0 Å². The van der Waals surface area contributed by atoms with E-state index in [0.29, 0.717) is 24.4 Å². The molecule has 0 bridgehead atoms. The molecule has 0 aliphatic heterocycles. The zero-order chi connectivity index (χ0) is 26.4. The number of aliphatic imine (C=N–C) groups is 1. The summed E-state index contributed by atoms with van der Waals surface area (Å²) in [5.41, 5.74) is 5.14. The molecule has 37 heavy (non-hydrogen) atoms. The largest absolute Gasteiger partial charge is 0.507 e. The molecule has 4 nitrogen and oxygen atoms in total. The number of likely N-dealkylation sites (N-methyl/N-ethyl adjacent to an activating group) is 1. The standard InChI is InChI=1S/C33H36N2O2/c1-33(2,3)30(22-34-21-26-17-11-19-28(31(26)36)24-13-7-5-8-14-24)35(4)23-27-18-12-20-29(32(27)37)25-15-9-6-10-16-25/h5-21,30,36-37H,22-23H2,1-4H3/b34-21+/t30-/m1/s1. The van der Waals surface area contributed by atoms with Crippen LogP contribution in [-0.2, 0) is 6.54 Å². The van der Waals surface area contributed by atoms with Crippen molar-refractivity contribution < 1.29 is 10.2 Å². The highest BCUT2D eigenvalue weighted by atomic mass is 16.3. The number of phenols is 2. The molecule has 0 radical (unpaired) electrons. The van der Waals surface area contributed by atoms with Gasteiger partial charge in [0.25, 0.3) is 0 Å². The Balaban J connectivity index is 1.53. The van der Waals surface area contributed by atoms with E-state index in [2.05, 4.69) is 32.7 Å². The lowest BCUT2D eigenvalue weighted by Gasteiger charge is -2.37. The van der Waals surface area contributed by atoms with Crippen molar-refractivity contribution in [2.45, 2.75) is 33.4 Å². The minimum Gasteiger partial charge on any atom is -0.507 e. The van der Waals surface area contributed by atoms with E-state index >= 15 is 0 Å². The maximum Gasteiger partial charge on any atom is 0.132 e. The minimum absolute atomic E-state index is 0.0489. The normalized spacial score (nSPS) is 12.8. The number of benzene rings is 4. The number of nitrogens with zero attached hydrogens (tertiary/aromatic N) is 2. The lowest BCUT2D eigenvalue weighted by atomic mass is 9.85.